The van der Waals surface area contributed by atoms with Gasteiger partial charge in [0.05, 0.1) is 7.11 Å². The number of benzene rings is 1. The summed E-state index contributed by atoms with van der Waals surface area (Å²) in [6, 6.07) is 5.58. The zero-order valence-corrected chi connectivity index (χ0v) is 8.33. The van der Waals surface area contributed by atoms with Gasteiger partial charge in [-0.15, -0.1) is 0 Å². The first-order chi connectivity index (χ1) is 6.72. The van der Waals surface area contributed by atoms with Crippen LogP contribution in [0.1, 0.15) is 28.8 Å². The number of carbonyl (C=O) groups is 1. The third-order valence-corrected chi connectivity index (χ3v) is 2.60. The highest BCUT2D eigenvalue weighted by Crippen LogP contribution is 2.27. The molecule has 1 atom stereocenters. The monoisotopic (exact) mass is 191 g/mol. The summed E-state index contributed by atoms with van der Waals surface area (Å²) in [5.74, 6) is 1.18. The predicted octanol–water partition coefficient (Wildman–Crippen LogP) is 1.54. The number of amides is 1. The van der Waals surface area contributed by atoms with Crippen LogP contribution < -0.4 is 10.1 Å². The molecule has 0 spiro atoms. The Bertz CT molecular complexity index is 374. The third kappa shape index (κ3) is 1.35. The fraction of sp³-hybridized carbons (Fsp3) is 0.364. The SMILES string of the molecule is COc1ccc2c(c1)C(C)CNC2=O. The molecule has 1 aliphatic heterocycles. The Hall–Kier alpha value is -1.51. The molecule has 0 saturated heterocycles. The van der Waals surface area contributed by atoms with Crippen LogP contribution in [0.25, 0.3) is 0 Å². The Labute approximate surface area is 83.1 Å². The van der Waals surface area contributed by atoms with Gasteiger partial charge in [-0.2, -0.15) is 0 Å². The minimum Gasteiger partial charge on any atom is -0.497 e. The second kappa shape index (κ2) is 3.33. The van der Waals surface area contributed by atoms with E-state index in [1.165, 1.54) is 0 Å². The number of hydrogen-bond acceptors (Lipinski definition) is 2. The standard InChI is InChI=1S/C11H13NO2/c1-7-6-12-11(13)9-4-3-8(14-2)5-10(7)9/h3-5,7H,6H2,1-2H3,(H,12,13). The molecule has 3 heteroatoms. The van der Waals surface area contributed by atoms with Crippen LogP contribution in [0.15, 0.2) is 18.2 Å². The van der Waals surface area contributed by atoms with Gasteiger partial charge in [-0.1, -0.05) is 6.92 Å². The van der Waals surface area contributed by atoms with Gasteiger partial charge in [0, 0.05) is 12.1 Å². The maximum Gasteiger partial charge on any atom is 0.251 e. The number of fused-ring (bicyclic) bond motifs is 1. The molecule has 1 aliphatic rings. The van der Waals surface area contributed by atoms with Crippen molar-refractivity contribution in [3.05, 3.63) is 29.3 Å². The lowest BCUT2D eigenvalue weighted by atomic mass is 9.92. The van der Waals surface area contributed by atoms with Crippen LogP contribution in [0.5, 0.6) is 5.75 Å². The van der Waals surface area contributed by atoms with E-state index < -0.39 is 0 Å². The molecule has 0 bridgehead atoms. The minimum atomic E-state index is 0.0146. The van der Waals surface area contributed by atoms with Crippen molar-refractivity contribution in [3.63, 3.8) is 0 Å². The highest BCUT2D eigenvalue weighted by atomic mass is 16.5. The van der Waals surface area contributed by atoms with Crippen molar-refractivity contribution in [2.24, 2.45) is 0 Å². The Kier molecular flexibility index (Phi) is 2.15. The van der Waals surface area contributed by atoms with Gasteiger partial charge in [0.25, 0.3) is 5.91 Å². The zero-order chi connectivity index (χ0) is 10.1. The van der Waals surface area contributed by atoms with Gasteiger partial charge >= 0.3 is 0 Å². The van der Waals surface area contributed by atoms with Crippen LogP contribution in [0.2, 0.25) is 0 Å². The predicted molar refractivity (Wildman–Crippen MR) is 53.7 cm³/mol. The second-order valence-electron chi connectivity index (χ2n) is 3.56. The highest BCUT2D eigenvalue weighted by molar-refractivity contribution is 5.97. The molecule has 1 amide bonds. The van der Waals surface area contributed by atoms with Gasteiger partial charge in [0.2, 0.25) is 0 Å². The Morgan fingerprint density at radius 3 is 3.00 bits per heavy atom. The van der Waals surface area contributed by atoms with Crippen LogP contribution in [0, 0.1) is 0 Å². The van der Waals surface area contributed by atoms with Crippen LogP contribution >= 0.6 is 0 Å². The number of carbonyl (C=O) groups excluding carboxylic acids is 1. The van der Waals surface area contributed by atoms with Crippen molar-refractivity contribution in [1.82, 2.24) is 5.32 Å². The number of methoxy groups -OCH3 is 1. The van der Waals surface area contributed by atoms with E-state index in [1.807, 2.05) is 18.2 Å². The van der Waals surface area contributed by atoms with E-state index >= 15 is 0 Å². The van der Waals surface area contributed by atoms with E-state index in [9.17, 15) is 4.79 Å². The normalized spacial score (nSPS) is 19.9. The summed E-state index contributed by atoms with van der Waals surface area (Å²) in [7, 11) is 1.63. The van der Waals surface area contributed by atoms with Gasteiger partial charge in [-0.3, -0.25) is 4.79 Å². The Morgan fingerprint density at radius 1 is 1.50 bits per heavy atom. The van der Waals surface area contributed by atoms with E-state index in [0.717, 1.165) is 16.9 Å². The number of rotatable bonds is 1. The fourth-order valence-electron chi connectivity index (χ4n) is 1.73. The van der Waals surface area contributed by atoms with Crippen molar-refractivity contribution >= 4 is 5.91 Å². The molecule has 0 aliphatic carbocycles. The average Bonchev–Trinajstić information content (AvgIpc) is 2.23. The van der Waals surface area contributed by atoms with Gasteiger partial charge in [-0.25, -0.2) is 0 Å². The number of nitrogens with one attached hydrogen (secondary N) is 1. The van der Waals surface area contributed by atoms with Crippen LogP contribution in [-0.4, -0.2) is 19.6 Å². The van der Waals surface area contributed by atoms with Gasteiger partial charge in [0.15, 0.2) is 0 Å². The Balaban J connectivity index is 2.50. The second-order valence-corrected chi connectivity index (χ2v) is 3.56. The average molecular weight is 191 g/mol. The lowest BCUT2D eigenvalue weighted by Gasteiger charge is -2.22. The number of hydrogen-bond donors (Lipinski definition) is 1. The van der Waals surface area contributed by atoms with E-state index in [4.69, 9.17) is 4.74 Å². The maximum absolute atomic E-state index is 11.5. The largest absolute Gasteiger partial charge is 0.497 e. The molecule has 1 unspecified atom stereocenters. The summed E-state index contributed by atoms with van der Waals surface area (Å²) >= 11 is 0. The van der Waals surface area contributed by atoms with Gasteiger partial charge in [-0.05, 0) is 29.7 Å². The summed E-state index contributed by atoms with van der Waals surface area (Å²) in [6.45, 7) is 2.80. The fourth-order valence-corrected chi connectivity index (χ4v) is 1.73. The molecule has 14 heavy (non-hydrogen) atoms. The van der Waals surface area contributed by atoms with Crippen LogP contribution in [0.4, 0.5) is 0 Å². The van der Waals surface area contributed by atoms with Crippen molar-refractivity contribution in [3.8, 4) is 5.75 Å². The van der Waals surface area contributed by atoms with Gasteiger partial charge < -0.3 is 10.1 Å². The number of ether oxygens (including phenoxy) is 1. The third-order valence-electron chi connectivity index (χ3n) is 2.60. The van der Waals surface area contributed by atoms with E-state index in [1.54, 1.807) is 7.11 Å². The smallest absolute Gasteiger partial charge is 0.251 e. The summed E-state index contributed by atoms with van der Waals surface area (Å²) in [4.78, 5) is 11.5. The van der Waals surface area contributed by atoms with Crippen LogP contribution in [0.3, 0.4) is 0 Å². The zero-order valence-electron chi connectivity index (χ0n) is 8.33. The molecule has 0 aromatic heterocycles. The first-order valence-electron chi connectivity index (χ1n) is 4.68. The summed E-state index contributed by atoms with van der Waals surface area (Å²) in [5.41, 5.74) is 1.85. The van der Waals surface area contributed by atoms with E-state index in [-0.39, 0.29) is 5.91 Å². The Morgan fingerprint density at radius 2 is 2.29 bits per heavy atom. The van der Waals surface area contributed by atoms with Crippen molar-refractivity contribution in [2.75, 3.05) is 13.7 Å². The molecule has 2 rings (SSSR count). The van der Waals surface area contributed by atoms with Crippen LogP contribution in [-0.2, 0) is 0 Å². The highest BCUT2D eigenvalue weighted by Gasteiger charge is 2.22. The molecular formula is C11H13NO2. The molecule has 1 aromatic carbocycles. The van der Waals surface area contributed by atoms with E-state index in [2.05, 4.69) is 12.2 Å². The van der Waals surface area contributed by atoms with Crippen molar-refractivity contribution in [2.45, 2.75) is 12.8 Å². The molecule has 0 saturated carbocycles. The molecule has 1 N–H and O–H groups in total. The maximum atomic E-state index is 11.5. The van der Waals surface area contributed by atoms with Crippen molar-refractivity contribution < 1.29 is 9.53 Å². The van der Waals surface area contributed by atoms with E-state index in [0.29, 0.717) is 12.5 Å². The topological polar surface area (TPSA) is 38.3 Å². The summed E-state index contributed by atoms with van der Waals surface area (Å²) < 4.78 is 5.13. The lowest BCUT2D eigenvalue weighted by Crippen LogP contribution is -2.33. The molecular weight excluding hydrogens is 178 g/mol. The minimum absolute atomic E-state index is 0.0146. The molecule has 1 aromatic rings. The summed E-state index contributed by atoms with van der Waals surface area (Å²) in [5, 5.41) is 2.85. The molecule has 3 nitrogen and oxygen atoms in total. The first kappa shape index (κ1) is 9.06. The van der Waals surface area contributed by atoms with Gasteiger partial charge in [0.1, 0.15) is 5.75 Å². The molecule has 74 valence electrons. The first-order valence-corrected chi connectivity index (χ1v) is 4.68. The quantitative estimate of drug-likeness (QED) is 0.731. The summed E-state index contributed by atoms with van der Waals surface area (Å²) in [6.07, 6.45) is 0. The molecule has 1 heterocycles. The van der Waals surface area contributed by atoms with Crippen molar-refractivity contribution in [1.29, 1.82) is 0 Å². The molecule has 0 fully saturated rings. The lowest BCUT2D eigenvalue weighted by molar-refractivity contribution is 0.0941. The molecule has 0 radical (unpaired) electrons.